The fraction of sp³-hybridized carbons (Fsp3) is 0.0870. The predicted molar refractivity (Wildman–Crippen MR) is 115 cm³/mol. The number of aryl methyl sites for hydroxylation is 1. The van der Waals surface area contributed by atoms with E-state index in [1.165, 1.54) is 13.2 Å². The van der Waals surface area contributed by atoms with E-state index in [1.54, 1.807) is 54.6 Å². The van der Waals surface area contributed by atoms with Crippen molar-refractivity contribution in [3.05, 3.63) is 82.1 Å². The molecule has 0 unspecified atom stereocenters. The van der Waals surface area contributed by atoms with E-state index in [2.05, 4.69) is 5.43 Å². The molecule has 0 bridgehead atoms. The van der Waals surface area contributed by atoms with Crippen LogP contribution in [0.1, 0.15) is 21.7 Å². The third-order valence-corrected chi connectivity index (χ3v) is 5.19. The number of hydrogen-bond donors (Lipinski definition) is 1. The summed E-state index contributed by atoms with van der Waals surface area (Å²) in [6, 6.07) is 15.2. The quantitative estimate of drug-likeness (QED) is 0.377. The van der Waals surface area contributed by atoms with Gasteiger partial charge in [0.15, 0.2) is 0 Å². The average molecular weight is 437 g/mol. The summed E-state index contributed by atoms with van der Waals surface area (Å²) in [5.74, 6) is -0.727. The highest BCUT2D eigenvalue weighted by Gasteiger charge is 2.35. The topological polar surface area (TPSA) is 88.9 Å². The van der Waals surface area contributed by atoms with Crippen molar-refractivity contribution in [1.29, 1.82) is 0 Å². The third kappa shape index (κ3) is 3.95. The minimum Gasteiger partial charge on any atom is -0.465 e. The molecule has 1 fully saturated rings. The van der Waals surface area contributed by atoms with E-state index in [1.807, 2.05) is 6.92 Å². The fourth-order valence-corrected chi connectivity index (χ4v) is 3.28. The zero-order valence-electron chi connectivity index (χ0n) is 16.6. The first-order chi connectivity index (χ1) is 14.9. The van der Waals surface area contributed by atoms with Gasteiger partial charge < -0.3 is 9.15 Å². The molecule has 4 rings (SSSR count). The van der Waals surface area contributed by atoms with Crippen LogP contribution in [0, 0.1) is 6.92 Å². The number of benzene rings is 2. The highest BCUT2D eigenvalue weighted by molar-refractivity contribution is 6.33. The lowest BCUT2D eigenvalue weighted by atomic mass is 10.1. The van der Waals surface area contributed by atoms with Crippen LogP contribution < -0.4 is 10.4 Å². The van der Waals surface area contributed by atoms with Crippen molar-refractivity contribution >= 4 is 41.1 Å². The summed E-state index contributed by atoms with van der Waals surface area (Å²) in [5.41, 5.74) is 4.81. The number of hydrazine groups is 1. The number of carbonyl (C=O) groups is 3. The second-order valence-corrected chi connectivity index (χ2v) is 7.25. The van der Waals surface area contributed by atoms with Crippen LogP contribution in [-0.4, -0.2) is 24.9 Å². The molecule has 2 heterocycles. The Morgan fingerprint density at radius 2 is 1.94 bits per heavy atom. The van der Waals surface area contributed by atoms with Gasteiger partial charge in [-0.25, -0.2) is 9.80 Å². The molecule has 1 saturated heterocycles. The number of hydrogen-bond acceptors (Lipinski definition) is 5. The van der Waals surface area contributed by atoms with E-state index < -0.39 is 17.8 Å². The van der Waals surface area contributed by atoms with E-state index in [0.717, 1.165) is 10.6 Å². The Labute approximate surface area is 182 Å². The number of methoxy groups -OCH3 is 1. The van der Waals surface area contributed by atoms with Gasteiger partial charge >= 0.3 is 5.97 Å². The normalized spacial score (nSPS) is 14.8. The van der Waals surface area contributed by atoms with Crippen molar-refractivity contribution < 1.29 is 23.5 Å². The third-order valence-electron chi connectivity index (χ3n) is 4.79. The van der Waals surface area contributed by atoms with Gasteiger partial charge in [-0.3, -0.25) is 15.0 Å². The van der Waals surface area contributed by atoms with E-state index in [4.69, 9.17) is 20.8 Å². The number of amides is 2. The van der Waals surface area contributed by atoms with Gasteiger partial charge in [-0.1, -0.05) is 29.8 Å². The van der Waals surface area contributed by atoms with Crippen molar-refractivity contribution in [2.45, 2.75) is 6.92 Å². The number of anilines is 1. The molecule has 3 aromatic rings. The zero-order chi connectivity index (χ0) is 22.1. The van der Waals surface area contributed by atoms with Crippen LogP contribution in [0.5, 0.6) is 0 Å². The lowest BCUT2D eigenvalue weighted by Gasteiger charge is -2.15. The predicted octanol–water partition coefficient (Wildman–Crippen LogP) is 4.16. The molecule has 1 aliphatic heterocycles. The van der Waals surface area contributed by atoms with Crippen LogP contribution >= 0.6 is 11.6 Å². The maximum atomic E-state index is 12.8. The SMILES string of the molecule is COC(=O)c1cccc(-c2ccc(C=C3C(=O)NN(c4ccc(C)c(Cl)c4)C3=O)o2)c1. The maximum Gasteiger partial charge on any atom is 0.337 e. The van der Waals surface area contributed by atoms with Crippen LogP contribution in [0.25, 0.3) is 17.4 Å². The van der Waals surface area contributed by atoms with E-state index in [-0.39, 0.29) is 5.57 Å². The van der Waals surface area contributed by atoms with Gasteiger partial charge in [-0.2, -0.15) is 0 Å². The molecule has 156 valence electrons. The number of furan rings is 1. The molecule has 1 N–H and O–H groups in total. The Hall–Kier alpha value is -3.84. The molecule has 31 heavy (non-hydrogen) atoms. The standard InChI is InChI=1S/C23H17ClN2O5/c1-13-6-7-16(11-19(13)24)26-22(28)18(21(27)25-26)12-17-8-9-20(31-17)14-4-3-5-15(10-14)23(29)30-2/h3-12H,1-2H3,(H,25,27). The number of nitrogens with one attached hydrogen (secondary N) is 1. The van der Waals surface area contributed by atoms with Gasteiger partial charge in [0, 0.05) is 10.6 Å². The Kier molecular flexibility index (Phi) is 5.35. The second kappa shape index (κ2) is 8.12. The van der Waals surface area contributed by atoms with E-state index in [9.17, 15) is 14.4 Å². The Balaban J connectivity index is 1.60. The molecule has 7 nitrogen and oxygen atoms in total. The number of nitrogens with zero attached hydrogens (tertiary/aromatic N) is 1. The monoisotopic (exact) mass is 436 g/mol. The molecular formula is C23H17ClN2O5. The minimum atomic E-state index is -0.549. The lowest BCUT2D eigenvalue weighted by molar-refractivity contribution is -0.117. The first kappa shape index (κ1) is 20.4. The summed E-state index contributed by atoms with van der Waals surface area (Å²) in [7, 11) is 1.31. The molecule has 1 aliphatic rings. The molecule has 2 amide bonds. The molecule has 0 radical (unpaired) electrons. The molecule has 0 spiro atoms. The lowest BCUT2D eigenvalue weighted by Crippen LogP contribution is -2.35. The summed E-state index contributed by atoms with van der Waals surface area (Å²) in [6.07, 6.45) is 1.38. The molecule has 1 aromatic heterocycles. The minimum absolute atomic E-state index is 0.0686. The highest BCUT2D eigenvalue weighted by atomic mass is 35.5. The van der Waals surface area contributed by atoms with Crippen molar-refractivity contribution in [3.63, 3.8) is 0 Å². The molecule has 2 aromatic carbocycles. The van der Waals surface area contributed by atoms with E-state index in [0.29, 0.717) is 33.4 Å². The molecule has 0 atom stereocenters. The summed E-state index contributed by atoms with van der Waals surface area (Å²) in [5, 5.41) is 1.63. The van der Waals surface area contributed by atoms with Gasteiger partial charge in [0.25, 0.3) is 11.8 Å². The van der Waals surface area contributed by atoms with Crippen LogP contribution in [0.4, 0.5) is 5.69 Å². The largest absolute Gasteiger partial charge is 0.465 e. The second-order valence-electron chi connectivity index (χ2n) is 6.85. The van der Waals surface area contributed by atoms with Crippen molar-refractivity contribution in [3.8, 4) is 11.3 Å². The van der Waals surface area contributed by atoms with Crippen molar-refractivity contribution in [2.75, 3.05) is 12.1 Å². The van der Waals surface area contributed by atoms with Gasteiger partial charge in [0.05, 0.1) is 18.4 Å². The highest BCUT2D eigenvalue weighted by Crippen LogP contribution is 2.28. The van der Waals surface area contributed by atoms with Gasteiger partial charge in [-0.15, -0.1) is 0 Å². The Morgan fingerprint density at radius 1 is 1.13 bits per heavy atom. The van der Waals surface area contributed by atoms with Crippen LogP contribution in [-0.2, 0) is 14.3 Å². The summed E-state index contributed by atoms with van der Waals surface area (Å²) in [6.45, 7) is 1.84. The van der Waals surface area contributed by atoms with Gasteiger partial charge in [-0.05, 0) is 55.0 Å². The number of ether oxygens (including phenoxy) is 1. The van der Waals surface area contributed by atoms with Crippen molar-refractivity contribution in [2.24, 2.45) is 0 Å². The van der Waals surface area contributed by atoms with E-state index >= 15 is 0 Å². The maximum absolute atomic E-state index is 12.8. The van der Waals surface area contributed by atoms with Crippen molar-refractivity contribution in [1.82, 2.24) is 5.43 Å². The molecule has 0 aliphatic carbocycles. The summed E-state index contributed by atoms with van der Waals surface area (Å²) in [4.78, 5) is 36.9. The molecule has 8 heteroatoms. The summed E-state index contributed by atoms with van der Waals surface area (Å²) >= 11 is 6.13. The zero-order valence-corrected chi connectivity index (χ0v) is 17.4. The van der Waals surface area contributed by atoms with Gasteiger partial charge in [0.2, 0.25) is 0 Å². The number of esters is 1. The van der Waals surface area contributed by atoms with Crippen LogP contribution in [0.3, 0.4) is 0 Å². The molecular weight excluding hydrogens is 420 g/mol. The smallest absolute Gasteiger partial charge is 0.337 e. The number of rotatable bonds is 4. The van der Waals surface area contributed by atoms with Gasteiger partial charge in [0.1, 0.15) is 17.1 Å². The Bertz CT molecular complexity index is 1240. The van der Waals surface area contributed by atoms with Crippen LogP contribution in [0.2, 0.25) is 5.02 Å². The van der Waals surface area contributed by atoms with Crippen LogP contribution in [0.15, 0.2) is 64.6 Å². The number of halogens is 1. The molecule has 0 saturated carbocycles. The average Bonchev–Trinajstić information content (AvgIpc) is 3.35. The Morgan fingerprint density at radius 3 is 2.68 bits per heavy atom. The first-order valence-corrected chi connectivity index (χ1v) is 9.67. The number of carbonyl (C=O) groups excluding carboxylic acids is 3. The fourth-order valence-electron chi connectivity index (χ4n) is 3.11. The first-order valence-electron chi connectivity index (χ1n) is 9.29. The summed E-state index contributed by atoms with van der Waals surface area (Å²) < 4.78 is 10.5.